The quantitative estimate of drug-likeness (QED) is 0.546. The first-order valence-electron chi connectivity index (χ1n) is 8.41. The molecule has 1 rings (SSSR count). The number of hydrogen-bond donors (Lipinski definition) is 2. The highest BCUT2D eigenvalue weighted by Crippen LogP contribution is 2.18. The van der Waals surface area contributed by atoms with Gasteiger partial charge in [0.25, 0.3) is 0 Å². The Morgan fingerprint density at radius 3 is 2.30 bits per heavy atom. The number of rotatable bonds is 7. The number of piperazine rings is 1. The average molecular weight is 337 g/mol. The molecule has 0 bridgehead atoms. The van der Waals surface area contributed by atoms with Crippen molar-refractivity contribution in [2.45, 2.75) is 39.4 Å². The van der Waals surface area contributed by atoms with E-state index >= 15 is 0 Å². The van der Waals surface area contributed by atoms with E-state index < -0.39 is 12.6 Å². The minimum Gasteiger partial charge on any atom is -0.357 e. The number of alkyl halides is 3. The Morgan fingerprint density at radius 1 is 1.13 bits per heavy atom. The third-order valence-corrected chi connectivity index (χ3v) is 4.04. The molecule has 1 saturated heterocycles. The average Bonchev–Trinajstić information content (AvgIpc) is 2.51. The predicted octanol–water partition coefficient (Wildman–Crippen LogP) is 1.52. The van der Waals surface area contributed by atoms with Crippen LogP contribution in [0, 0.1) is 0 Å². The van der Waals surface area contributed by atoms with Crippen LogP contribution >= 0.6 is 0 Å². The normalized spacial score (nSPS) is 19.7. The molecule has 23 heavy (non-hydrogen) atoms. The molecular weight excluding hydrogens is 307 g/mol. The first-order valence-corrected chi connectivity index (χ1v) is 8.41. The SMILES string of the molecule is CCNC(=NCC(C)N1CCN(CC)CC1)NCCC(F)(F)F. The van der Waals surface area contributed by atoms with E-state index in [4.69, 9.17) is 0 Å². The molecule has 1 atom stereocenters. The van der Waals surface area contributed by atoms with Crippen molar-refractivity contribution in [1.82, 2.24) is 20.4 Å². The van der Waals surface area contributed by atoms with Crippen LogP contribution in [0.15, 0.2) is 4.99 Å². The lowest BCUT2D eigenvalue weighted by atomic mass is 10.2. The molecule has 1 aliphatic rings. The van der Waals surface area contributed by atoms with E-state index in [9.17, 15) is 13.2 Å². The van der Waals surface area contributed by atoms with Gasteiger partial charge in [-0.3, -0.25) is 9.89 Å². The van der Waals surface area contributed by atoms with Gasteiger partial charge in [0.2, 0.25) is 0 Å². The fraction of sp³-hybridized carbons (Fsp3) is 0.933. The van der Waals surface area contributed by atoms with E-state index in [2.05, 4.69) is 39.3 Å². The summed E-state index contributed by atoms with van der Waals surface area (Å²) in [7, 11) is 0. The van der Waals surface area contributed by atoms with Crippen molar-refractivity contribution in [3.8, 4) is 0 Å². The molecule has 1 fully saturated rings. The zero-order valence-corrected chi connectivity index (χ0v) is 14.4. The molecule has 0 saturated carbocycles. The molecule has 8 heteroatoms. The number of guanidine groups is 1. The van der Waals surface area contributed by atoms with E-state index in [0.717, 1.165) is 32.7 Å². The van der Waals surface area contributed by atoms with Gasteiger partial charge in [-0.05, 0) is 20.4 Å². The van der Waals surface area contributed by atoms with Crippen LogP contribution in [0.4, 0.5) is 13.2 Å². The van der Waals surface area contributed by atoms with Crippen LogP contribution in [0.25, 0.3) is 0 Å². The molecule has 0 spiro atoms. The van der Waals surface area contributed by atoms with Crippen LogP contribution in [-0.4, -0.2) is 80.3 Å². The molecule has 0 aromatic heterocycles. The van der Waals surface area contributed by atoms with Gasteiger partial charge in [0.15, 0.2) is 5.96 Å². The lowest BCUT2D eigenvalue weighted by Gasteiger charge is -2.37. The summed E-state index contributed by atoms with van der Waals surface area (Å²) in [5.74, 6) is 0.454. The summed E-state index contributed by atoms with van der Waals surface area (Å²) in [4.78, 5) is 9.21. The Labute approximate surface area is 137 Å². The van der Waals surface area contributed by atoms with Gasteiger partial charge in [-0.25, -0.2) is 0 Å². The minimum absolute atomic E-state index is 0.154. The zero-order valence-electron chi connectivity index (χ0n) is 14.4. The second-order valence-corrected chi connectivity index (χ2v) is 5.83. The fourth-order valence-corrected chi connectivity index (χ4v) is 2.52. The van der Waals surface area contributed by atoms with Crippen molar-refractivity contribution in [3.63, 3.8) is 0 Å². The molecule has 0 aliphatic carbocycles. The maximum absolute atomic E-state index is 12.2. The van der Waals surface area contributed by atoms with Crippen LogP contribution in [0.1, 0.15) is 27.2 Å². The summed E-state index contributed by atoms with van der Waals surface area (Å²) in [5, 5.41) is 5.73. The fourth-order valence-electron chi connectivity index (χ4n) is 2.52. The van der Waals surface area contributed by atoms with Gasteiger partial charge in [-0.2, -0.15) is 13.2 Å². The largest absolute Gasteiger partial charge is 0.390 e. The van der Waals surface area contributed by atoms with Gasteiger partial charge >= 0.3 is 6.18 Å². The first kappa shape index (κ1) is 20.0. The molecule has 2 N–H and O–H groups in total. The Kier molecular flexibility index (Phi) is 8.68. The van der Waals surface area contributed by atoms with E-state index in [0.29, 0.717) is 19.0 Å². The van der Waals surface area contributed by atoms with Crippen molar-refractivity contribution in [3.05, 3.63) is 0 Å². The summed E-state index contributed by atoms with van der Waals surface area (Å²) in [6.07, 6.45) is -5.00. The number of halogens is 3. The lowest BCUT2D eigenvalue weighted by Crippen LogP contribution is -2.50. The highest BCUT2D eigenvalue weighted by atomic mass is 19.4. The van der Waals surface area contributed by atoms with Gasteiger partial charge in [0, 0.05) is 45.3 Å². The molecule has 5 nitrogen and oxygen atoms in total. The van der Waals surface area contributed by atoms with Crippen molar-refractivity contribution >= 4 is 5.96 Å². The molecule has 0 aromatic carbocycles. The van der Waals surface area contributed by atoms with Gasteiger partial charge in [-0.1, -0.05) is 6.92 Å². The molecule has 0 aromatic rings. The van der Waals surface area contributed by atoms with Crippen molar-refractivity contribution in [2.24, 2.45) is 4.99 Å². The third kappa shape index (κ3) is 8.41. The second kappa shape index (κ2) is 9.97. The number of aliphatic imine (C=N–C) groups is 1. The van der Waals surface area contributed by atoms with E-state index in [-0.39, 0.29) is 12.6 Å². The number of nitrogens with one attached hydrogen (secondary N) is 2. The van der Waals surface area contributed by atoms with E-state index in [1.165, 1.54) is 0 Å². The zero-order chi connectivity index (χ0) is 17.3. The topological polar surface area (TPSA) is 42.9 Å². The first-order chi connectivity index (χ1) is 10.9. The van der Waals surface area contributed by atoms with Crippen molar-refractivity contribution < 1.29 is 13.2 Å². The molecular formula is C15H30F3N5. The van der Waals surface area contributed by atoms with Crippen molar-refractivity contribution in [1.29, 1.82) is 0 Å². The molecule has 0 radical (unpaired) electrons. The smallest absolute Gasteiger partial charge is 0.357 e. The van der Waals surface area contributed by atoms with E-state index in [1.807, 2.05) is 6.92 Å². The highest BCUT2D eigenvalue weighted by molar-refractivity contribution is 5.79. The van der Waals surface area contributed by atoms with Gasteiger partial charge in [-0.15, -0.1) is 0 Å². The monoisotopic (exact) mass is 337 g/mol. The Morgan fingerprint density at radius 2 is 1.78 bits per heavy atom. The maximum atomic E-state index is 12.2. The molecule has 1 aliphatic heterocycles. The lowest BCUT2D eigenvalue weighted by molar-refractivity contribution is -0.132. The molecule has 136 valence electrons. The predicted molar refractivity (Wildman–Crippen MR) is 87.8 cm³/mol. The standard InChI is InChI=1S/C15H30F3N5/c1-4-19-14(20-7-6-15(16,17)18)21-12-13(3)23-10-8-22(5-2)9-11-23/h13H,4-12H2,1-3H3,(H2,19,20,21). The van der Waals surface area contributed by atoms with Crippen LogP contribution in [0.3, 0.4) is 0 Å². The maximum Gasteiger partial charge on any atom is 0.390 e. The van der Waals surface area contributed by atoms with Crippen molar-refractivity contribution in [2.75, 3.05) is 52.4 Å². The van der Waals surface area contributed by atoms with Gasteiger partial charge in [0.1, 0.15) is 0 Å². The van der Waals surface area contributed by atoms with Crippen LogP contribution in [0.2, 0.25) is 0 Å². The highest BCUT2D eigenvalue weighted by Gasteiger charge is 2.26. The van der Waals surface area contributed by atoms with Crippen LogP contribution in [0.5, 0.6) is 0 Å². The third-order valence-electron chi connectivity index (χ3n) is 4.04. The Bertz CT molecular complexity index is 352. The summed E-state index contributed by atoms with van der Waals surface area (Å²) < 4.78 is 36.6. The number of hydrogen-bond acceptors (Lipinski definition) is 3. The second-order valence-electron chi connectivity index (χ2n) is 5.83. The summed E-state index contributed by atoms with van der Waals surface area (Å²) >= 11 is 0. The summed E-state index contributed by atoms with van der Waals surface area (Å²) in [5.41, 5.74) is 0. The van der Waals surface area contributed by atoms with Gasteiger partial charge < -0.3 is 15.5 Å². The molecule has 0 amide bonds. The van der Waals surface area contributed by atoms with Gasteiger partial charge in [0.05, 0.1) is 13.0 Å². The Hall–Kier alpha value is -1.02. The Balaban J connectivity index is 2.40. The van der Waals surface area contributed by atoms with E-state index in [1.54, 1.807) is 0 Å². The summed E-state index contributed by atoms with van der Waals surface area (Å²) in [6, 6.07) is 0.284. The molecule has 1 unspecified atom stereocenters. The molecule has 1 heterocycles. The number of nitrogens with zero attached hydrogens (tertiary/aromatic N) is 3. The minimum atomic E-state index is -4.14. The van der Waals surface area contributed by atoms with Crippen LogP contribution in [-0.2, 0) is 0 Å². The number of likely N-dealkylation sites (N-methyl/N-ethyl adjacent to an activating group) is 1. The summed E-state index contributed by atoms with van der Waals surface area (Å²) in [6.45, 7) is 12.5. The van der Waals surface area contributed by atoms with Crippen LogP contribution < -0.4 is 10.6 Å².